The van der Waals surface area contributed by atoms with E-state index in [0.717, 1.165) is 40.4 Å². The highest BCUT2D eigenvalue weighted by molar-refractivity contribution is 7.92. The van der Waals surface area contributed by atoms with E-state index >= 15 is 0 Å². The van der Waals surface area contributed by atoms with Crippen molar-refractivity contribution in [3.63, 3.8) is 0 Å². The highest BCUT2D eigenvalue weighted by atomic mass is 32.2. The Labute approximate surface area is 202 Å². The molecule has 0 aromatic heterocycles. The number of rotatable bonds is 9. The molecule has 35 heavy (non-hydrogen) atoms. The number of carbonyl (C=O) groups is 1. The largest absolute Gasteiger partial charge is 0.492 e. The van der Waals surface area contributed by atoms with Crippen LogP contribution in [0, 0.1) is 6.92 Å². The van der Waals surface area contributed by atoms with Gasteiger partial charge in [0.25, 0.3) is 5.91 Å². The first-order valence-corrected chi connectivity index (χ1v) is 12.5. The highest BCUT2D eigenvalue weighted by Gasteiger charge is 2.30. The van der Waals surface area contributed by atoms with Crippen molar-refractivity contribution in [1.29, 1.82) is 0 Å². The molecule has 3 aromatic rings. The Morgan fingerprint density at radius 3 is 2.23 bits per heavy atom. The third-order valence-corrected chi connectivity index (χ3v) is 6.21. The molecule has 0 spiro atoms. The Morgan fingerprint density at radius 1 is 1.00 bits per heavy atom. The van der Waals surface area contributed by atoms with Crippen LogP contribution in [0.25, 0.3) is 0 Å². The van der Waals surface area contributed by atoms with Crippen LogP contribution in [0.15, 0.2) is 72.8 Å². The van der Waals surface area contributed by atoms with Crippen molar-refractivity contribution in [2.45, 2.75) is 19.6 Å². The van der Waals surface area contributed by atoms with E-state index in [-0.39, 0.29) is 18.1 Å². The number of nitrogens with zero attached hydrogens (tertiary/aromatic N) is 1. The third-order valence-electron chi connectivity index (χ3n) is 5.07. The Hall–Kier alpha value is -3.53. The van der Waals surface area contributed by atoms with Crippen molar-refractivity contribution < 1.29 is 31.1 Å². The zero-order chi connectivity index (χ0) is 25.6. The maximum Gasteiger partial charge on any atom is 0.416 e. The molecule has 0 saturated heterocycles. The summed E-state index contributed by atoms with van der Waals surface area (Å²) in [5, 5.41) is 2.75. The number of aryl methyl sites for hydroxylation is 1. The standard InChI is InChI=1S/C25H25F3N2O4S/c1-18-4-3-5-23(16-18)34-15-14-29-24(31)20-8-6-19(7-9-20)17-30(35(2,32)33)22-12-10-21(11-13-22)25(26,27)28/h3-13,16H,14-15,17H2,1-2H3,(H,29,31). The molecule has 10 heteroatoms. The SMILES string of the molecule is Cc1cccc(OCCNC(=O)c2ccc(CN(c3ccc(C(F)(F)F)cc3)S(C)(=O)=O)cc2)c1. The van der Waals surface area contributed by atoms with Crippen LogP contribution in [-0.2, 0) is 22.7 Å². The zero-order valence-corrected chi connectivity index (χ0v) is 20.0. The van der Waals surface area contributed by atoms with Gasteiger partial charge in [-0.2, -0.15) is 13.2 Å². The van der Waals surface area contributed by atoms with E-state index in [1.165, 1.54) is 0 Å². The van der Waals surface area contributed by atoms with Gasteiger partial charge in [0.2, 0.25) is 10.0 Å². The van der Waals surface area contributed by atoms with Gasteiger partial charge in [0, 0.05) is 5.56 Å². The zero-order valence-electron chi connectivity index (χ0n) is 19.2. The van der Waals surface area contributed by atoms with Gasteiger partial charge in [-0.3, -0.25) is 9.10 Å². The molecule has 0 saturated carbocycles. The number of benzene rings is 3. The average molecular weight is 507 g/mol. The maximum absolute atomic E-state index is 12.8. The third kappa shape index (κ3) is 7.48. The van der Waals surface area contributed by atoms with E-state index in [1.807, 2.05) is 31.2 Å². The van der Waals surface area contributed by atoms with E-state index < -0.39 is 21.8 Å². The number of nitrogens with one attached hydrogen (secondary N) is 1. The lowest BCUT2D eigenvalue weighted by atomic mass is 10.1. The van der Waals surface area contributed by atoms with Gasteiger partial charge in [0.15, 0.2) is 0 Å². The summed E-state index contributed by atoms with van der Waals surface area (Å²) < 4.78 is 69.6. The minimum atomic E-state index is -4.52. The van der Waals surface area contributed by atoms with Crippen LogP contribution in [0.3, 0.4) is 0 Å². The molecule has 0 aliphatic heterocycles. The quantitative estimate of drug-likeness (QED) is 0.424. The first-order valence-electron chi connectivity index (χ1n) is 10.6. The van der Waals surface area contributed by atoms with Gasteiger partial charge in [0.1, 0.15) is 12.4 Å². The molecule has 0 fully saturated rings. The number of ether oxygens (including phenoxy) is 1. The molecule has 3 rings (SSSR count). The molecule has 3 aromatic carbocycles. The van der Waals surface area contributed by atoms with Crippen LogP contribution in [0.2, 0.25) is 0 Å². The van der Waals surface area contributed by atoms with E-state index in [4.69, 9.17) is 4.74 Å². The lowest BCUT2D eigenvalue weighted by molar-refractivity contribution is -0.137. The fraction of sp³-hybridized carbons (Fsp3) is 0.240. The number of hydrogen-bond acceptors (Lipinski definition) is 4. The minimum absolute atomic E-state index is 0.101. The average Bonchev–Trinajstić information content (AvgIpc) is 2.79. The van der Waals surface area contributed by atoms with Gasteiger partial charge in [-0.25, -0.2) is 8.42 Å². The van der Waals surface area contributed by atoms with Crippen molar-refractivity contribution in [1.82, 2.24) is 5.32 Å². The summed E-state index contributed by atoms with van der Waals surface area (Å²) in [5.41, 5.74) is 1.25. The topological polar surface area (TPSA) is 75.7 Å². The molecule has 0 atom stereocenters. The monoisotopic (exact) mass is 506 g/mol. The van der Waals surface area contributed by atoms with Gasteiger partial charge >= 0.3 is 6.18 Å². The summed E-state index contributed by atoms with van der Waals surface area (Å²) in [6.07, 6.45) is -3.54. The molecule has 1 amide bonds. The van der Waals surface area contributed by atoms with Crippen LogP contribution < -0.4 is 14.4 Å². The molecule has 0 aliphatic rings. The van der Waals surface area contributed by atoms with Crippen LogP contribution in [0.5, 0.6) is 5.75 Å². The van der Waals surface area contributed by atoms with Crippen LogP contribution in [-0.4, -0.2) is 33.7 Å². The number of carbonyl (C=O) groups excluding carboxylic acids is 1. The molecule has 0 bridgehead atoms. The summed E-state index contributed by atoms with van der Waals surface area (Å²) in [5.74, 6) is 0.402. The van der Waals surface area contributed by atoms with Gasteiger partial charge in [0.05, 0.1) is 30.6 Å². The molecule has 6 nitrogen and oxygen atoms in total. The number of amides is 1. The summed E-state index contributed by atoms with van der Waals surface area (Å²) in [6, 6.07) is 17.8. The highest BCUT2D eigenvalue weighted by Crippen LogP contribution is 2.31. The molecule has 186 valence electrons. The summed E-state index contributed by atoms with van der Waals surface area (Å²) >= 11 is 0. The Morgan fingerprint density at radius 2 is 1.66 bits per heavy atom. The van der Waals surface area contributed by atoms with E-state index in [2.05, 4.69) is 5.32 Å². The lowest BCUT2D eigenvalue weighted by Crippen LogP contribution is -2.29. The lowest BCUT2D eigenvalue weighted by Gasteiger charge is -2.23. The number of anilines is 1. The first kappa shape index (κ1) is 26.1. The van der Waals surface area contributed by atoms with Gasteiger partial charge in [-0.1, -0.05) is 24.3 Å². The predicted octanol–water partition coefficient (Wildman–Crippen LogP) is 4.79. The fourth-order valence-electron chi connectivity index (χ4n) is 3.28. The van der Waals surface area contributed by atoms with E-state index in [9.17, 15) is 26.4 Å². The second kappa shape index (κ2) is 10.8. The molecule has 0 unspecified atom stereocenters. The smallest absolute Gasteiger partial charge is 0.416 e. The molecule has 0 heterocycles. The first-order chi connectivity index (χ1) is 16.4. The van der Waals surface area contributed by atoms with E-state index in [0.29, 0.717) is 30.0 Å². The van der Waals surface area contributed by atoms with E-state index in [1.54, 1.807) is 24.3 Å². The fourth-order valence-corrected chi connectivity index (χ4v) is 4.17. The molecule has 0 aliphatic carbocycles. The summed E-state index contributed by atoms with van der Waals surface area (Å²) in [7, 11) is -3.77. The molecular weight excluding hydrogens is 481 g/mol. The minimum Gasteiger partial charge on any atom is -0.492 e. The number of sulfonamides is 1. The van der Waals surface area contributed by atoms with Crippen molar-refractivity contribution in [2.24, 2.45) is 0 Å². The second-order valence-corrected chi connectivity index (χ2v) is 9.84. The van der Waals surface area contributed by atoms with Crippen molar-refractivity contribution in [3.8, 4) is 5.75 Å². The number of hydrogen-bond donors (Lipinski definition) is 1. The molecular formula is C25H25F3N2O4S. The Kier molecular flexibility index (Phi) is 8.06. The maximum atomic E-state index is 12.8. The second-order valence-electron chi connectivity index (χ2n) is 7.93. The Balaban J connectivity index is 1.60. The number of alkyl halides is 3. The molecule has 1 N–H and O–H groups in total. The van der Waals surface area contributed by atoms with Crippen LogP contribution in [0.4, 0.5) is 18.9 Å². The normalized spacial score (nSPS) is 11.7. The summed E-state index contributed by atoms with van der Waals surface area (Å²) in [6.45, 7) is 2.45. The van der Waals surface area contributed by atoms with Gasteiger partial charge < -0.3 is 10.1 Å². The van der Waals surface area contributed by atoms with Gasteiger partial charge in [-0.05, 0) is 66.6 Å². The van der Waals surface area contributed by atoms with Crippen molar-refractivity contribution >= 4 is 21.6 Å². The summed E-state index contributed by atoms with van der Waals surface area (Å²) in [4.78, 5) is 12.4. The van der Waals surface area contributed by atoms with Crippen molar-refractivity contribution in [2.75, 3.05) is 23.7 Å². The van der Waals surface area contributed by atoms with Crippen LogP contribution >= 0.6 is 0 Å². The number of halogens is 3. The molecule has 0 radical (unpaired) electrons. The Bertz CT molecular complexity index is 1260. The predicted molar refractivity (Wildman–Crippen MR) is 128 cm³/mol. The van der Waals surface area contributed by atoms with Crippen LogP contribution in [0.1, 0.15) is 27.0 Å². The van der Waals surface area contributed by atoms with Crippen molar-refractivity contribution in [3.05, 3.63) is 95.1 Å². The van der Waals surface area contributed by atoms with Gasteiger partial charge in [-0.15, -0.1) is 0 Å².